The first kappa shape index (κ1) is 14.9. The predicted octanol–water partition coefficient (Wildman–Crippen LogP) is 1.76. The van der Waals surface area contributed by atoms with Gasteiger partial charge in [-0.25, -0.2) is 0 Å². The number of rotatable bonds is 5. The third-order valence-corrected chi connectivity index (χ3v) is 3.34. The number of nitrogens with one attached hydrogen (secondary N) is 1. The van der Waals surface area contributed by atoms with Crippen molar-refractivity contribution in [1.82, 2.24) is 5.32 Å². The van der Waals surface area contributed by atoms with Crippen LogP contribution in [-0.2, 0) is 4.79 Å². The van der Waals surface area contributed by atoms with Crippen LogP contribution in [0.4, 0.5) is 0 Å². The lowest BCUT2D eigenvalue weighted by molar-refractivity contribution is -0.117. The van der Waals surface area contributed by atoms with Crippen LogP contribution < -0.4 is 5.32 Å². The molecule has 0 radical (unpaired) electrons. The fourth-order valence-electron chi connectivity index (χ4n) is 1.31. The van der Waals surface area contributed by atoms with Crippen LogP contribution in [0.5, 0.6) is 0 Å². The predicted molar refractivity (Wildman–Crippen MR) is 72.3 cm³/mol. The van der Waals surface area contributed by atoms with E-state index in [0.717, 1.165) is 4.47 Å². The molecule has 0 spiro atoms. The van der Waals surface area contributed by atoms with E-state index in [1.54, 1.807) is 38.1 Å². The molecular weight excluding hydrogens is 298 g/mol. The quantitative estimate of drug-likeness (QED) is 0.643. The summed E-state index contributed by atoms with van der Waals surface area (Å²) in [6.45, 7) is 3.52. The molecule has 0 heterocycles. The Labute approximate surface area is 115 Å². The van der Waals surface area contributed by atoms with Gasteiger partial charge in [0.05, 0.1) is 0 Å². The Kier molecular flexibility index (Phi) is 5.50. The van der Waals surface area contributed by atoms with Crippen molar-refractivity contribution in [1.29, 1.82) is 0 Å². The molecule has 0 aliphatic rings. The number of aliphatic hydroxyl groups excluding tert-OH is 1. The number of benzene rings is 1. The highest BCUT2D eigenvalue weighted by Crippen LogP contribution is 2.11. The highest BCUT2D eigenvalue weighted by atomic mass is 79.9. The first-order valence-electron chi connectivity index (χ1n) is 5.67. The Morgan fingerprint density at radius 1 is 1.28 bits per heavy atom. The summed E-state index contributed by atoms with van der Waals surface area (Å²) in [6.07, 6.45) is 0. The van der Waals surface area contributed by atoms with E-state index in [4.69, 9.17) is 5.11 Å². The lowest BCUT2D eigenvalue weighted by Gasteiger charge is -2.18. The Morgan fingerprint density at radius 2 is 1.83 bits per heavy atom. The number of aliphatic hydroxyl groups is 1. The van der Waals surface area contributed by atoms with Gasteiger partial charge >= 0.3 is 0 Å². The molecule has 0 aliphatic carbocycles. The third kappa shape index (κ3) is 3.92. The fourth-order valence-corrected chi connectivity index (χ4v) is 1.57. The van der Waals surface area contributed by atoms with Crippen LogP contribution in [0.2, 0.25) is 0 Å². The highest BCUT2D eigenvalue weighted by molar-refractivity contribution is 9.10. The molecule has 18 heavy (non-hydrogen) atoms. The van der Waals surface area contributed by atoms with Crippen molar-refractivity contribution >= 4 is 27.6 Å². The minimum Gasteiger partial charge on any atom is -0.396 e. The van der Waals surface area contributed by atoms with Gasteiger partial charge in [-0.15, -0.1) is 0 Å². The molecular formula is C13H16BrNO3. The first-order valence-corrected chi connectivity index (χ1v) is 6.46. The molecule has 0 saturated carbocycles. The molecule has 4 nitrogen and oxygen atoms in total. The van der Waals surface area contributed by atoms with Gasteiger partial charge in [0.25, 0.3) is 5.91 Å². The molecule has 2 N–H and O–H groups in total. The van der Waals surface area contributed by atoms with Gasteiger partial charge in [0, 0.05) is 22.7 Å². The van der Waals surface area contributed by atoms with Gasteiger partial charge in [-0.1, -0.05) is 22.9 Å². The maximum Gasteiger partial charge on any atom is 0.292 e. The summed E-state index contributed by atoms with van der Waals surface area (Å²) in [7, 11) is 0. The molecule has 1 aromatic carbocycles. The van der Waals surface area contributed by atoms with Crippen LogP contribution in [0.1, 0.15) is 24.2 Å². The van der Waals surface area contributed by atoms with Crippen molar-refractivity contribution < 1.29 is 14.7 Å². The smallest absolute Gasteiger partial charge is 0.292 e. The SMILES string of the molecule is CC(CO)C(C)NC(=O)C(=O)c1ccc(Br)cc1. The summed E-state index contributed by atoms with van der Waals surface area (Å²) >= 11 is 3.26. The molecule has 5 heteroatoms. The molecule has 0 aliphatic heterocycles. The number of Topliss-reactive ketones (excluding diaryl/α,β-unsaturated/α-hetero) is 1. The van der Waals surface area contributed by atoms with Gasteiger partial charge in [-0.2, -0.15) is 0 Å². The molecule has 1 aromatic rings. The number of ketones is 1. The van der Waals surface area contributed by atoms with E-state index in [1.807, 2.05) is 0 Å². The van der Waals surface area contributed by atoms with Crippen LogP contribution in [0.15, 0.2) is 28.7 Å². The summed E-state index contributed by atoms with van der Waals surface area (Å²) in [6, 6.07) is 6.35. The number of halogens is 1. The maximum absolute atomic E-state index is 11.8. The van der Waals surface area contributed by atoms with Crippen LogP contribution in [-0.4, -0.2) is 29.4 Å². The number of amides is 1. The van der Waals surface area contributed by atoms with Gasteiger partial charge in [0.2, 0.25) is 5.78 Å². The van der Waals surface area contributed by atoms with Crippen LogP contribution in [0.3, 0.4) is 0 Å². The number of hydrogen-bond acceptors (Lipinski definition) is 3. The summed E-state index contributed by atoms with van der Waals surface area (Å²) < 4.78 is 0.849. The van der Waals surface area contributed by atoms with Crippen molar-refractivity contribution in [2.45, 2.75) is 19.9 Å². The van der Waals surface area contributed by atoms with E-state index in [0.29, 0.717) is 5.56 Å². The second-order valence-electron chi connectivity index (χ2n) is 4.26. The largest absolute Gasteiger partial charge is 0.396 e. The summed E-state index contributed by atoms with van der Waals surface area (Å²) in [5.74, 6) is -1.31. The topological polar surface area (TPSA) is 66.4 Å². The Hall–Kier alpha value is -1.20. The minimum absolute atomic E-state index is 0.0338. The van der Waals surface area contributed by atoms with E-state index >= 15 is 0 Å². The maximum atomic E-state index is 11.8. The van der Waals surface area contributed by atoms with Crippen molar-refractivity contribution in [2.24, 2.45) is 5.92 Å². The monoisotopic (exact) mass is 313 g/mol. The zero-order valence-corrected chi connectivity index (χ0v) is 11.9. The summed E-state index contributed by atoms with van der Waals surface area (Å²) in [4.78, 5) is 23.5. The molecule has 0 aromatic heterocycles. The van der Waals surface area contributed by atoms with Crippen molar-refractivity contribution in [3.63, 3.8) is 0 Å². The molecule has 0 saturated heterocycles. The van der Waals surface area contributed by atoms with Crippen molar-refractivity contribution in [3.05, 3.63) is 34.3 Å². The number of carbonyl (C=O) groups is 2. The van der Waals surface area contributed by atoms with Crippen LogP contribution in [0, 0.1) is 5.92 Å². The second kappa shape index (κ2) is 6.66. The van der Waals surface area contributed by atoms with Crippen molar-refractivity contribution in [2.75, 3.05) is 6.61 Å². The summed E-state index contributed by atoms with van der Waals surface area (Å²) in [5, 5.41) is 11.5. The molecule has 0 bridgehead atoms. The summed E-state index contributed by atoms with van der Waals surface area (Å²) in [5.41, 5.74) is 0.347. The number of hydrogen-bond donors (Lipinski definition) is 2. The van der Waals surface area contributed by atoms with Gasteiger partial charge in [0.1, 0.15) is 0 Å². The zero-order valence-electron chi connectivity index (χ0n) is 10.3. The van der Waals surface area contributed by atoms with Gasteiger partial charge in [-0.3, -0.25) is 9.59 Å². The van der Waals surface area contributed by atoms with E-state index in [1.165, 1.54) is 0 Å². The average molecular weight is 314 g/mol. The lowest BCUT2D eigenvalue weighted by atomic mass is 10.0. The Balaban J connectivity index is 2.67. The molecule has 2 unspecified atom stereocenters. The molecule has 1 amide bonds. The lowest BCUT2D eigenvalue weighted by Crippen LogP contribution is -2.41. The van der Waals surface area contributed by atoms with E-state index in [9.17, 15) is 9.59 Å². The highest BCUT2D eigenvalue weighted by Gasteiger charge is 2.20. The third-order valence-electron chi connectivity index (χ3n) is 2.81. The van der Waals surface area contributed by atoms with Gasteiger partial charge < -0.3 is 10.4 Å². The molecule has 1 rings (SSSR count). The van der Waals surface area contributed by atoms with Crippen LogP contribution >= 0.6 is 15.9 Å². The van der Waals surface area contributed by atoms with E-state index in [-0.39, 0.29) is 18.6 Å². The van der Waals surface area contributed by atoms with Crippen molar-refractivity contribution in [3.8, 4) is 0 Å². The first-order chi connectivity index (χ1) is 8.45. The van der Waals surface area contributed by atoms with Gasteiger partial charge in [0.15, 0.2) is 0 Å². The second-order valence-corrected chi connectivity index (χ2v) is 5.17. The Morgan fingerprint density at radius 3 is 2.33 bits per heavy atom. The molecule has 2 atom stereocenters. The van der Waals surface area contributed by atoms with Crippen LogP contribution in [0.25, 0.3) is 0 Å². The fraction of sp³-hybridized carbons (Fsp3) is 0.385. The Bertz CT molecular complexity index is 430. The van der Waals surface area contributed by atoms with E-state index < -0.39 is 11.7 Å². The molecule has 98 valence electrons. The standard InChI is InChI=1S/C13H16BrNO3/c1-8(7-16)9(2)15-13(18)12(17)10-3-5-11(14)6-4-10/h3-6,8-9,16H,7H2,1-2H3,(H,15,18). The van der Waals surface area contributed by atoms with Gasteiger partial charge in [-0.05, 0) is 37.1 Å². The molecule has 0 fully saturated rings. The normalized spacial score (nSPS) is 13.8. The minimum atomic E-state index is -0.648. The number of carbonyl (C=O) groups excluding carboxylic acids is 2. The zero-order chi connectivity index (χ0) is 13.7. The van der Waals surface area contributed by atoms with E-state index in [2.05, 4.69) is 21.2 Å². The average Bonchev–Trinajstić information content (AvgIpc) is 2.37.